The van der Waals surface area contributed by atoms with Gasteiger partial charge in [-0.1, -0.05) is 36.4 Å². The van der Waals surface area contributed by atoms with Crippen molar-refractivity contribution in [2.75, 3.05) is 47.2 Å². The number of aryl methyl sites for hydroxylation is 1. The van der Waals surface area contributed by atoms with Crippen LogP contribution in [0, 0.1) is 18.8 Å². The molecule has 44 heavy (non-hydrogen) atoms. The minimum atomic E-state index is -2.35. The van der Waals surface area contributed by atoms with Crippen LogP contribution >= 0.6 is 0 Å². The highest BCUT2D eigenvalue weighted by Crippen LogP contribution is 2.56. The zero-order valence-electron chi connectivity index (χ0n) is 26.3. The molecule has 0 aliphatic heterocycles. The number of hydrogen-bond donors (Lipinski definition) is 2. The SMILES string of the molecule is Cc1cc(CN(C)C)c(N(C)C)c2c1C(=O)C1=C(O)[C@]3(O)C(=O)c4c(OCc5ccccc5)noc4[C@@H](N(C)C)[C@@H]3C[C@@H]1C2. The molecule has 0 saturated heterocycles. The third kappa shape index (κ3) is 4.46. The molecule has 1 aromatic heterocycles. The van der Waals surface area contributed by atoms with Crippen molar-refractivity contribution in [1.29, 1.82) is 0 Å². The summed E-state index contributed by atoms with van der Waals surface area (Å²) in [6.45, 7) is 2.74. The van der Waals surface area contributed by atoms with E-state index in [0.29, 0.717) is 24.9 Å². The van der Waals surface area contributed by atoms with Crippen LogP contribution in [0.4, 0.5) is 5.69 Å². The van der Waals surface area contributed by atoms with Crippen molar-refractivity contribution in [3.05, 3.63) is 86.9 Å². The van der Waals surface area contributed by atoms with Gasteiger partial charge in [0, 0.05) is 43.4 Å². The van der Waals surface area contributed by atoms with E-state index in [-0.39, 0.29) is 35.2 Å². The van der Waals surface area contributed by atoms with Gasteiger partial charge in [0.15, 0.2) is 17.1 Å². The molecule has 0 spiro atoms. The summed E-state index contributed by atoms with van der Waals surface area (Å²) >= 11 is 0. The number of fused-ring (bicyclic) bond motifs is 4. The predicted octanol–water partition coefficient (Wildman–Crippen LogP) is 4.11. The molecule has 3 aliphatic carbocycles. The molecule has 0 unspecified atom stereocenters. The molecule has 232 valence electrons. The van der Waals surface area contributed by atoms with E-state index in [1.165, 1.54) is 0 Å². The lowest BCUT2D eigenvalue weighted by Crippen LogP contribution is -2.59. The number of hydrogen-bond acceptors (Lipinski definition) is 10. The molecule has 6 rings (SSSR count). The first-order valence-corrected chi connectivity index (χ1v) is 14.9. The van der Waals surface area contributed by atoms with Crippen LogP contribution in [0.2, 0.25) is 0 Å². The second-order valence-electron chi connectivity index (χ2n) is 13.0. The van der Waals surface area contributed by atoms with E-state index < -0.39 is 35.0 Å². The van der Waals surface area contributed by atoms with E-state index in [1.807, 2.05) is 95.4 Å². The second-order valence-corrected chi connectivity index (χ2v) is 13.0. The number of carbonyl (C=O) groups is 2. The summed E-state index contributed by atoms with van der Waals surface area (Å²) in [4.78, 5) is 34.6. The van der Waals surface area contributed by atoms with Crippen molar-refractivity contribution in [1.82, 2.24) is 15.0 Å². The van der Waals surface area contributed by atoms with Crippen molar-refractivity contribution in [2.45, 2.75) is 44.6 Å². The van der Waals surface area contributed by atoms with Gasteiger partial charge in [0.2, 0.25) is 5.78 Å². The fourth-order valence-electron chi connectivity index (χ4n) is 7.64. The Morgan fingerprint density at radius 3 is 2.41 bits per heavy atom. The van der Waals surface area contributed by atoms with Crippen LogP contribution in [0.3, 0.4) is 0 Å². The number of Topliss-reactive ketones (excluding diaryl/α,β-unsaturated/α-hetero) is 2. The van der Waals surface area contributed by atoms with Crippen molar-refractivity contribution < 1.29 is 29.1 Å². The third-order valence-corrected chi connectivity index (χ3v) is 9.32. The standard InChI is InChI=1S/C34H40N4O6/c1-18-13-21(16-36(2)3)27(37(4)5)22-14-20-15-23-28(38(6)7)30-26(33(35-44-30)43-17-19-11-9-8-10-12-19)32(41)34(23,42)31(40)25(20)29(39)24(18)22/h8-13,20,23,28,40,42H,14-17H2,1-7H3/t20-,23-,28-,34-/m0/s1. The predicted molar refractivity (Wildman–Crippen MR) is 165 cm³/mol. The first kappa shape index (κ1) is 30.1. The van der Waals surface area contributed by atoms with Gasteiger partial charge in [-0.3, -0.25) is 14.5 Å². The van der Waals surface area contributed by atoms with Gasteiger partial charge >= 0.3 is 0 Å². The van der Waals surface area contributed by atoms with Crippen LogP contribution < -0.4 is 9.64 Å². The Balaban J connectivity index is 1.47. The van der Waals surface area contributed by atoms with E-state index in [1.54, 1.807) is 0 Å². The molecular weight excluding hydrogens is 560 g/mol. The van der Waals surface area contributed by atoms with Gasteiger partial charge in [-0.25, -0.2) is 0 Å². The fourth-order valence-corrected chi connectivity index (χ4v) is 7.64. The Labute approximate surface area is 257 Å². The smallest absolute Gasteiger partial charge is 0.265 e. The van der Waals surface area contributed by atoms with Crippen molar-refractivity contribution in [3.8, 4) is 5.88 Å². The van der Waals surface area contributed by atoms with Gasteiger partial charge in [0.05, 0.1) is 6.04 Å². The van der Waals surface area contributed by atoms with E-state index in [9.17, 15) is 19.8 Å². The molecule has 3 aromatic rings. The van der Waals surface area contributed by atoms with Crippen molar-refractivity contribution >= 4 is 17.3 Å². The minimum Gasteiger partial charge on any atom is -0.508 e. The minimum absolute atomic E-state index is 0.00737. The monoisotopic (exact) mass is 600 g/mol. The summed E-state index contributed by atoms with van der Waals surface area (Å²) in [5.74, 6) is -2.64. The largest absolute Gasteiger partial charge is 0.508 e. The normalized spacial score (nSPS) is 24.3. The molecule has 2 N–H and O–H groups in total. The number of carbonyl (C=O) groups excluding carboxylic acids is 2. The highest BCUT2D eigenvalue weighted by molar-refractivity contribution is 6.16. The zero-order valence-corrected chi connectivity index (χ0v) is 26.3. The molecule has 3 aliphatic rings. The van der Waals surface area contributed by atoms with Gasteiger partial charge in [0.1, 0.15) is 17.9 Å². The number of rotatable bonds is 7. The Bertz CT molecular complexity index is 1670. The first-order valence-electron chi connectivity index (χ1n) is 14.9. The molecule has 0 bridgehead atoms. The van der Waals surface area contributed by atoms with Crippen molar-refractivity contribution in [3.63, 3.8) is 0 Å². The highest BCUT2D eigenvalue weighted by Gasteiger charge is 2.63. The lowest BCUT2D eigenvalue weighted by molar-refractivity contribution is -0.0559. The van der Waals surface area contributed by atoms with Crippen LogP contribution in [0.1, 0.15) is 61.2 Å². The Morgan fingerprint density at radius 2 is 1.77 bits per heavy atom. The third-order valence-electron chi connectivity index (χ3n) is 9.32. The number of aliphatic hydroxyl groups excluding tert-OH is 1. The lowest BCUT2D eigenvalue weighted by atomic mass is 9.58. The maximum Gasteiger partial charge on any atom is 0.265 e. The van der Waals surface area contributed by atoms with Crippen LogP contribution in [-0.4, -0.2) is 84.6 Å². The topological polar surface area (TPSA) is 120 Å². The molecule has 1 heterocycles. The van der Waals surface area contributed by atoms with Crippen LogP contribution in [-0.2, 0) is 19.6 Å². The number of nitrogens with zero attached hydrogens (tertiary/aromatic N) is 4. The summed E-state index contributed by atoms with van der Waals surface area (Å²) in [5, 5.41) is 28.3. The molecule has 2 aromatic carbocycles. The summed E-state index contributed by atoms with van der Waals surface area (Å²) in [7, 11) is 11.6. The lowest BCUT2D eigenvalue weighted by Gasteiger charge is -2.49. The van der Waals surface area contributed by atoms with Crippen LogP contribution in [0.25, 0.3) is 0 Å². The van der Waals surface area contributed by atoms with E-state index in [4.69, 9.17) is 9.26 Å². The molecule has 0 fully saturated rings. The second kappa shape index (κ2) is 10.9. The summed E-state index contributed by atoms with van der Waals surface area (Å²) in [5.41, 5.74) is 3.00. The van der Waals surface area contributed by atoms with Gasteiger partial charge in [0.25, 0.3) is 5.88 Å². The van der Waals surface area contributed by atoms with Gasteiger partial charge in [-0.15, -0.1) is 0 Å². The van der Waals surface area contributed by atoms with Gasteiger partial charge < -0.3 is 29.3 Å². The number of ketones is 2. The number of anilines is 1. The first-order chi connectivity index (χ1) is 20.9. The molecule has 0 amide bonds. The highest BCUT2D eigenvalue weighted by atomic mass is 16.5. The fraction of sp³-hybridized carbons (Fsp3) is 0.441. The quantitative estimate of drug-likeness (QED) is 0.410. The molecule has 10 heteroatoms. The maximum absolute atomic E-state index is 14.3. The Kier molecular flexibility index (Phi) is 7.42. The number of allylic oxidation sites excluding steroid dienone is 1. The average Bonchev–Trinajstić information content (AvgIpc) is 3.37. The molecule has 10 nitrogen and oxygen atoms in total. The summed E-state index contributed by atoms with van der Waals surface area (Å²) in [6.07, 6.45) is 0.783. The van der Waals surface area contributed by atoms with Crippen LogP contribution in [0.5, 0.6) is 5.88 Å². The number of aliphatic hydroxyl groups is 2. The molecule has 0 radical (unpaired) electrons. The summed E-state index contributed by atoms with van der Waals surface area (Å²) in [6, 6.07) is 10.8. The maximum atomic E-state index is 14.3. The van der Waals surface area contributed by atoms with Crippen LogP contribution in [0.15, 0.2) is 52.3 Å². The van der Waals surface area contributed by atoms with Crippen molar-refractivity contribution in [2.24, 2.45) is 11.8 Å². The summed E-state index contributed by atoms with van der Waals surface area (Å²) < 4.78 is 11.7. The van der Waals surface area contributed by atoms with Gasteiger partial charge in [-0.2, -0.15) is 0 Å². The average molecular weight is 601 g/mol. The van der Waals surface area contributed by atoms with Gasteiger partial charge in [-0.05, 0) is 81.3 Å². The number of benzene rings is 2. The molecule has 4 atom stereocenters. The number of aromatic nitrogens is 1. The molecular formula is C34H40N4O6. The Morgan fingerprint density at radius 1 is 1.07 bits per heavy atom. The number of ether oxygens (including phenoxy) is 1. The van der Waals surface area contributed by atoms with E-state index in [2.05, 4.69) is 10.1 Å². The Hall–Kier alpha value is -3.99. The zero-order chi connectivity index (χ0) is 31.7. The van der Waals surface area contributed by atoms with E-state index in [0.717, 1.165) is 27.9 Å². The molecule has 0 saturated carbocycles. The van der Waals surface area contributed by atoms with E-state index >= 15 is 0 Å².